The molecule has 1 aliphatic rings. The number of hydrogen-bond acceptors (Lipinski definition) is 1. The summed E-state index contributed by atoms with van der Waals surface area (Å²) in [5, 5.41) is 0. The number of nitrogens with zero attached hydrogens (tertiary/aromatic N) is 1. The van der Waals surface area contributed by atoms with Crippen LogP contribution in [0.25, 0.3) is 0 Å². The van der Waals surface area contributed by atoms with E-state index in [1.54, 1.807) is 0 Å². The molecule has 1 fully saturated rings. The number of hydrogen-bond donors (Lipinski definition) is 0. The highest BCUT2D eigenvalue weighted by Gasteiger charge is 2.26. The van der Waals surface area contributed by atoms with Gasteiger partial charge in [0.2, 0.25) is 0 Å². The fraction of sp³-hybridized carbons (Fsp3) is 0.500. The van der Waals surface area contributed by atoms with Gasteiger partial charge in [-0.1, -0.05) is 30.3 Å². The van der Waals surface area contributed by atoms with Gasteiger partial charge in [0.1, 0.15) is 6.17 Å². The minimum absolute atomic E-state index is 0.264. The predicted molar refractivity (Wildman–Crippen MR) is 55.9 cm³/mol. The Morgan fingerprint density at radius 2 is 2.00 bits per heavy atom. The Kier molecular flexibility index (Phi) is 2.82. The van der Waals surface area contributed by atoms with Gasteiger partial charge in [-0.05, 0) is 25.5 Å². The smallest absolute Gasteiger partial charge is 0.103 e. The summed E-state index contributed by atoms with van der Waals surface area (Å²) in [5.41, 5.74) is 1.23. The van der Waals surface area contributed by atoms with Gasteiger partial charge in [-0.2, -0.15) is 0 Å². The molecule has 2 heteroatoms. The standard InChI is InChI=1S/C12H16FN/c1-14-8-7-11(13)9-12(14)10-5-3-2-4-6-10/h2-6,11-12H,7-9H2,1H3/t11-,12-/m0/s1. The van der Waals surface area contributed by atoms with Crippen LogP contribution in [0.1, 0.15) is 24.4 Å². The molecule has 1 aromatic rings. The van der Waals surface area contributed by atoms with E-state index in [9.17, 15) is 4.39 Å². The first kappa shape index (κ1) is 9.66. The molecule has 1 aromatic carbocycles. The van der Waals surface area contributed by atoms with Gasteiger partial charge in [-0.25, -0.2) is 4.39 Å². The molecular weight excluding hydrogens is 177 g/mol. The number of piperidine rings is 1. The number of benzene rings is 1. The molecule has 1 heterocycles. The van der Waals surface area contributed by atoms with Crippen LogP contribution in [-0.4, -0.2) is 24.7 Å². The largest absolute Gasteiger partial charge is 0.299 e. The zero-order chi connectivity index (χ0) is 9.97. The van der Waals surface area contributed by atoms with Gasteiger partial charge in [-0.15, -0.1) is 0 Å². The van der Waals surface area contributed by atoms with Crippen molar-refractivity contribution in [3.8, 4) is 0 Å². The molecule has 0 unspecified atom stereocenters. The van der Waals surface area contributed by atoms with E-state index in [0.29, 0.717) is 12.8 Å². The van der Waals surface area contributed by atoms with Crippen LogP contribution in [0.5, 0.6) is 0 Å². The fourth-order valence-electron chi connectivity index (χ4n) is 2.11. The van der Waals surface area contributed by atoms with Gasteiger partial charge in [-0.3, -0.25) is 4.90 Å². The summed E-state index contributed by atoms with van der Waals surface area (Å²) in [7, 11) is 2.07. The third-order valence-corrected chi connectivity index (χ3v) is 2.99. The lowest BCUT2D eigenvalue weighted by molar-refractivity contribution is 0.114. The van der Waals surface area contributed by atoms with Gasteiger partial charge in [0.15, 0.2) is 0 Å². The van der Waals surface area contributed by atoms with Crippen molar-refractivity contribution in [3.63, 3.8) is 0 Å². The molecule has 76 valence electrons. The van der Waals surface area contributed by atoms with E-state index in [1.165, 1.54) is 5.56 Å². The minimum Gasteiger partial charge on any atom is -0.299 e. The third-order valence-electron chi connectivity index (χ3n) is 2.99. The molecular formula is C12H16FN. The number of alkyl halides is 1. The maximum atomic E-state index is 13.3. The Morgan fingerprint density at radius 1 is 1.29 bits per heavy atom. The molecule has 2 rings (SSSR count). The maximum Gasteiger partial charge on any atom is 0.103 e. The third kappa shape index (κ3) is 1.95. The molecule has 0 N–H and O–H groups in total. The highest BCUT2D eigenvalue weighted by atomic mass is 19.1. The second-order valence-electron chi connectivity index (χ2n) is 4.03. The van der Waals surface area contributed by atoms with Crippen LogP contribution in [0.3, 0.4) is 0 Å². The van der Waals surface area contributed by atoms with E-state index in [1.807, 2.05) is 18.2 Å². The topological polar surface area (TPSA) is 3.24 Å². The van der Waals surface area contributed by atoms with Gasteiger partial charge < -0.3 is 0 Å². The van der Waals surface area contributed by atoms with Crippen molar-refractivity contribution >= 4 is 0 Å². The number of likely N-dealkylation sites (tertiary alicyclic amines) is 1. The van der Waals surface area contributed by atoms with Gasteiger partial charge in [0, 0.05) is 12.6 Å². The Morgan fingerprint density at radius 3 is 2.71 bits per heavy atom. The van der Waals surface area contributed by atoms with E-state index in [4.69, 9.17) is 0 Å². The van der Waals surface area contributed by atoms with Gasteiger partial charge >= 0.3 is 0 Å². The molecule has 1 nitrogen and oxygen atoms in total. The van der Waals surface area contributed by atoms with Crippen molar-refractivity contribution in [1.29, 1.82) is 0 Å². The molecule has 0 bridgehead atoms. The second kappa shape index (κ2) is 4.09. The first-order valence-corrected chi connectivity index (χ1v) is 5.16. The zero-order valence-corrected chi connectivity index (χ0v) is 8.49. The highest BCUT2D eigenvalue weighted by molar-refractivity contribution is 5.19. The molecule has 0 aromatic heterocycles. The fourth-order valence-corrected chi connectivity index (χ4v) is 2.11. The van der Waals surface area contributed by atoms with Crippen LogP contribution in [0.15, 0.2) is 30.3 Å². The van der Waals surface area contributed by atoms with Crippen molar-refractivity contribution in [2.45, 2.75) is 25.1 Å². The summed E-state index contributed by atoms with van der Waals surface area (Å²) in [6.45, 7) is 0.862. The maximum absolute atomic E-state index is 13.3. The van der Waals surface area contributed by atoms with Crippen LogP contribution in [-0.2, 0) is 0 Å². The van der Waals surface area contributed by atoms with Crippen molar-refractivity contribution in [2.75, 3.05) is 13.6 Å². The quantitative estimate of drug-likeness (QED) is 0.663. The van der Waals surface area contributed by atoms with Gasteiger partial charge in [0.05, 0.1) is 0 Å². The molecule has 1 saturated heterocycles. The SMILES string of the molecule is CN1CC[C@H](F)C[C@H]1c1ccccc1. The first-order chi connectivity index (χ1) is 6.77. The summed E-state index contributed by atoms with van der Waals surface area (Å²) in [4.78, 5) is 2.24. The Balaban J connectivity index is 2.16. The monoisotopic (exact) mass is 193 g/mol. The number of rotatable bonds is 1. The molecule has 1 aliphatic heterocycles. The average Bonchev–Trinajstić information content (AvgIpc) is 2.23. The number of halogens is 1. The summed E-state index contributed by atoms with van der Waals surface area (Å²) in [6.07, 6.45) is 0.691. The van der Waals surface area contributed by atoms with Crippen LogP contribution in [0, 0.1) is 0 Å². The lowest BCUT2D eigenvalue weighted by Crippen LogP contribution is -2.34. The molecule has 0 aliphatic carbocycles. The van der Waals surface area contributed by atoms with Crippen LogP contribution in [0.2, 0.25) is 0 Å². The van der Waals surface area contributed by atoms with Crippen LogP contribution >= 0.6 is 0 Å². The minimum atomic E-state index is -0.628. The molecule has 0 saturated carbocycles. The van der Waals surface area contributed by atoms with Crippen molar-refractivity contribution in [3.05, 3.63) is 35.9 Å². The second-order valence-corrected chi connectivity index (χ2v) is 4.03. The molecule has 0 spiro atoms. The van der Waals surface area contributed by atoms with E-state index in [0.717, 1.165) is 6.54 Å². The predicted octanol–water partition coefficient (Wildman–Crippen LogP) is 2.79. The average molecular weight is 193 g/mol. The van der Waals surface area contributed by atoms with Crippen LogP contribution < -0.4 is 0 Å². The lowest BCUT2D eigenvalue weighted by Gasteiger charge is -2.34. The Bertz CT molecular complexity index is 286. The van der Waals surface area contributed by atoms with Gasteiger partial charge in [0.25, 0.3) is 0 Å². The highest BCUT2D eigenvalue weighted by Crippen LogP contribution is 2.30. The summed E-state index contributed by atoms with van der Waals surface area (Å²) in [5.74, 6) is 0. The normalized spacial score (nSPS) is 29.0. The van der Waals surface area contributed by atoms with Crippen molar-refractivity contribution in [2.24, 2.45) is 0 Å². The van der Waals surface area contributed by atoms with E-state index >= 15 is 0 Å². The zero-order valence-electron chi connectivity index (χ0n) is 8.49. The Labute approximate surface area is 84.5 Å². The van der Waals surface area contributed by atoms with Crippen molar-refractivity contribution < 1.29 is 4.39 Å². The summed E-state index contributed by atoms with van der Waals surface area (Å²) in [6, 6.07) is 10.5. The van der Waals surface area contributed by atoms with E-state index in [2.05, 4.69) is 24.1 Å². The summed E-state index contributed by atoms with van der Waals surface area (Å²) >= 11 is 0. The molecule has 2 atom stereocenters. The van der Waals surface area contributed by atoms with Crippen LogP contribution in [0.4, 0.5) is 4.39 Å². The van der Waals surface area contributed by atoms with E-state index < -0.39 is 6.17 Å². The lowest BCUT2D eigenvalue weighted by atomic mass is 9.95. The van der Waals surface area contributed by atoms with Crippen molar-refractivity contribution in [1.82, 2.24) is 4.90 Å². The Hall–Kier alpha value is -0.890. The first-order valence-electron chi connectivity index (χ1n) is 5.16. The molecule has 0 amide bonds. The molecule has 14 heavy (non-hydrogen) atoms. The summed E-state index contributed by atoms with van der Waals surface area (Å²) < 4.78 is 13.3. The van der Waals surface area contributed by atoms with E-state index in [-0.39, 0.29) is 6.04 Å². The molecule has 0 radical (unpaired) electrons.